The van der Waals surface area contributed by atoms with Crippen LogP contribution in [0.25, 0.3) is 34.1 Å². The van der Waals surface area contributed by atoms with E-state index in [4.69, 9.17) is 8.83 Å². The topological polar surface area (TPSA) is 99.4 Å². The number of nitro groups is 1. The Morgan fingerprint density at radius 1 is 0.941 bits per heavy atom. The zero-order valence-electron chi connectivity index (χ0n) is 18.1. The van der Waals surface area contributed by atoms with Gasteiger partial charge in [0, 0.05) is 23.3 Å². The highest BCUT2D eigenvalue weighted by Gasteiger charge is 2.21. The number of aryl methyl sites for hydroxylation is 1. The van der Waals surface area contributed by atoms with E-state index in [0.717, 1.165) is 5.56 Å². The zero-order valence-corrected chi connectivity index (χ0v) is 18.1. The third-order valence-electron chi connectivity index (χ3n) is 5.34. The van der Waals surface area contributed by atoms with Crippen LogP contribution in [0.3, 0.4) is 0 Å². The Morgan fingerprint density at radius 2 is 1.74 bits per heavy atom. The monoisotopic (exact) mass is 450 g/mol. The first kappa shape index (κ1) is 21.1. The minimum atomic E-state index is -0.459. The third kappa shape index (κ3) is 4.14. The number of Topliss-reactive ketones (excluding diaryl/α,β-unsaturated/α-hetero) is 1. The molecule has 0 spiro atoms. The summed E-state index contributed by atoms with van der Waals surface area (Å²) in [7, 11) is 0. The molecule has 0 saturated carbocycles. The van der Waals surface area contributed by atoms with E-state index < -0.39 is 4.92 Å². The van der Waals surface area contributed by atoms with Gasteiger partial charge in [-0.15, -0.1) is 0 Å². The van der Waals surface area contributed by atoms with Gasteiger partial charge in [0.1, 0.15) is 17.0 Å². The second kappa shape index (κ2) is 8.63. The van der Waals surface area contributed by atoms with E-state index in [2.05, 4.69) is 4.98 Å². The number of fused-ring (bicyclic) bond motifs is 1. The van der Waals surface area contributed by atoms with Gasteiger partial charge >= 0.3 is 0 Å². The molecule has 0 amide bonds. The van der Waals surface area contributed by atoms with Gasteiger partial charge < -0.3 is 8.83 Å². The predicted octanol–water partition coefficient (Wildman–Crippen LogP) is 6.73. The Kier molecular flexibility index (Phi) is 5.35. The molecule has 0 bridgehead atoms. The summed E-state index contributed by atoms with van der Waals surface area (Å²) in [5, 5.41) is 11.1. The molecule has 2 heterocycles. The molecule has 166 valence electrons. The van der Waals surface area contributed by atoms with E-state index >= 15 is 0 Å². The van der Waals surface area contributed by atoms with Gasteiger partial charge in [0.25, 0.3) is 5.69 Å². The molecule has 0 saturated heterocycles. The van der Waals surface area contributed by atoms with Crippen molar-refractivity contribution >= 4 is 34.2 Å². The Labute approximate surface area is 194 Å². The first-order valence-electron chi connectivity index (χ1n) is 10.5. The summed E-state index contributed by atoms with van der Waals surface area (Å²) in [5.41, 5.74) is 3.49. The number of carbonyl (C=O) groups is 1. The fraction of sp³-hybridized carbons (Fsp3) is 0.0370. The number of benzene rings is 3. The van der Waals surface area contributed by atoms with Crippen LogP contribution < -0.4 is 0 Å². The fourth-order valence-electron chi connectivity index (χ4n) is 3.57. The van der Waals surface area contributed by atoms with E-state index in [1.807, 2.05) is 37.3 Å². The summed E-state index contributed by atoms with van der Waals surface area (Å²) in [6.45, 7) is 1.95. The summed E-state index contributed by atoms with van der Waals surface area (Å²) in [6.07, 6.45) is 1.58. The number of furan rings is 1. The number of ketones is 1. The van der Waals surface area contributed by atoms with Crippen LogP contribution in [0.1, 0.15) is 27.6 Å². The second-order valence-electron chi connectivity index (χ2n) is 7.75. The molecule has 0 fully saturated rings. The number of allylic oxidation sites excluding steroid dienone is 1. The smallest absolute Gasteiger partial charge is 0.270 e. The SMILES string of the molecule is Cc1ccc(C(=O)/C(=C\c2ccc(-c3cccc([N+](=O)[O-])c3)o2)c2nc3ccccc3o2)cc1. The van der Waals surface area contributed by atoms with Crippen molar-refractivity contribution in [2.24, 2.45) is 0 Å². The van der Waals surface area contributed by atoms with Gasteiger partial charge in [-0.25, -0.2) is 4.98 Å². The number of nitro benzene ring substituents is 1. The molecular weight excluding hydrogens is 432 g/mol. The maximum absolute atomic E-state index is 13.4. The number of rotatable bonds is 6. The molecule has 7 nitrogen and oxygen atoms in total. The quantitative estimate of drug-likeness (QED) is 0.123. The molecule has 0 unspecified atom stereocenters. The molecule has 0 atom stereocenters. The molecule has 0 radical (unpaired) electrons. The Hall–Kier alpha value is -4.78. The van der Waals surface area contributed by atoms with E-state index in [1.54, 1.807) is 48.5 Å². The van der Waals surface area contributed by atoms with Gasteiger partial charge in [-0.05, 0) is 37.3 Å². The largest absolute Gasteiger partial charge is 0.457 e. The van der Waals surface area contributed by atoms with Crippen LogP contribution >= 0.6 is 0 Å². The molecule has 2 aromatic heterocycles. The summed E-state index contributed by atoms with van der Waals surface area (Å²) in [4.78, 5) is 28.6. The van der Waals surface area contributed by atoms with Gasteiger partial charge in [0.15, 0.2) is 11.4 Å². The van der Waals surface area contributed by atoms with Crippen LogP contribution in [0.15, 0.2) is 93.8 Å². The summed E-state index contributed by atoms with van der Waals surface area (Å²) >= 11 is 0. The maximum atomic E-state index is 13.4. The van der Waals surface area contributed by atoms with Gasteiger partial charge in [0.2, 0.25) is 5.89 Å². The van der Waals surface area contributed by atoms with Crippen molar-refractivity contribution < 1.29 is 18.6 Å². The Bertz CT molecular complexity index is 1520. The van der Waals surface area contributed by atoms with Crippen molar-refractivity contribution in [1.29, 1.82) is 0 Å². The summed E-state index contributed by atoms with van der Waals surface area (Å²) < 4.78 is 11.8. The average molecular weight is 450 g/mol. The Morgan fingerprint density at radius 3 is 2.50 bits per heavy atom. The average Bonchev–Trinajstić information content (AvgIpc) is 3.50. The van der Waals surface area contributed by atoms with E-state index in [1.165, 1.54) is 12.1 Å². The molecule has 5 rings (SSSR count). The standard InChI is InChI=1S/C27H18N2O5/c1-17-9-11-18(12-10-17)26(30)22(27-28-23-7-2-3-8-25(23)34-27)16-21-13-14-24(33-21)19-5-4-6-20(15-19)29(31)32/h2-16H,1H3/b22-16+. The number of aromatic nitrogens is 1. The molecular formula is C27H18N2O5. The highest BCUT2D eigenvalue weighted by molar-refractivity contribution is 6.31. The lowest BCUT2D eigenvalue weighted by Gasteiger charge is -2.04. The van der Waals surface area contributed by atoms with Gasteiger partial charge in [-0.2, -0.15) is 0 Å². The van der Waals surface area contributed by atoms with Crippen LogP contribution in [0.5, 0.6) is 0 Å². The highest BCUT2D eigenvalue weighted by Crippen LogP contribution is 2.30. The van der Waals surface area contributed by atoms with E-state index in [9.17, 15) is 14.9 Å². The maximum Gasteiger partial charge on any atom is 0.270 e. The van der Waals surface area contributed by atoms with Gasteiger partial charge in [-0.3, -0.25) is 14.9 Å². The first-order valence-corrected chi connectivity index (χ1v) is 10.5. The normalized spacial score (nSPS) is 11.6. The second-order valence-corrected chi connectivity index (χ2v) is 7.75. The van der Waals surface area contributed by atoms with Crippen LogP contribution in [0.4, 0.5) is 5.69 Å². The van der Waals surface area contributed by atoms with Crippen LogP contribution in [0.2, 0.25) is 0 Å². The van der Waals surface area contributed by atoms with Gasteiger partial charge in [0.05, 0.1) is 10.5 Å². The summed E-state index contributed by atoms with van der Waals surface area (Å²) in [6, 6.07) is 24.1. The van der Waals surface area contributed by atoms with E-state index in [-0.39, 0.29) is 22.9 Å². The molecule has 0 N–H and O–H groups in total. The molecule has 0 aliphatic rings. The van der Waals surface area contributed by atoms with Crippen molar-refractivity contribution in [3.05, 3.63) is 118 Å². The molecule has 3 aromatic carbocycles. The lowest BCUT2D eigenvalue weighted by Crippen LogP contribution is -2.03. The van der Waals surface area contributed by atoms with Crippen molar-refractivity contribution in [1.82, 2.24) is 4.98 Å². The lowest BCUT2D eigenvalue weighted by molar-refractivity contribution is -0.384. The summed E-state index contributed by atoms with van der Waals surface area (Å²) in [5.74, 6) is 0.744. The lowest BCUT2D eigenvalue weighted by atomic mass is 10.0. The van der Waals surface area contributed by atoms with Crippen molar-refractivity contribution in [3.8, 4) is 11.3 Å². The zero-order chi connectivity index (χ0) is 23.7. The number of carbonyl (C=O) groups excluding carboxylic acids is 1. The van der Waals surface area contributed by atoms with Crippen LogP contribution in [-0.2, 0) is 0 Å². The first-order chi connectivity index (χ1) is 16.5. The number of nitrogens with zero attached hydrogens (tertiary/aromatic N) is 2. The van der Waals surface area contributed by atoms with Crippen LogP contribution in [0, 0.1) is 17.0 Å². The minimum absolute atomic E-state index is 0.0345. The molecule has 0 aliphatic heterocycles. The highest BCUT2D eigenvalue weighted by atomic mass is 16.6. The number of para-hydroxylation sites is 2. The number of non-ortho nitro benzene ring substituents is 1. The minimum Gasteiger partial charge on any atom is -0.457 e. The number of oxazole rings is 1. The Balaban J connectivity index is 1.58. The fourth-order valence-corrected chi connectivity index (χ4v) is 3.57. The van der Waals surface area contributed by atoms with Crippen molar-refractivity contribution in [2.75, 3.05) is 0 Å². The van der Waals surface area contributed by atoms with E-state index in [0.29, 0.717) is 33.7 Å². The number of hydrogen-bond acceptors (Lipinski definition) is 6. The third-order valence-corrected chi connectivity index (χ3v) is 5.34. The number of hydrogen-bond donors (Lipinski definition) is 0. The van der Waals surface area contributed by atoms with Crippen molar-refractivity contribution in [2.45, 2.75) is 6.92 Å². The molecule has 34 heavy (non-hydrogen) atoms. The molecule has 5 aromatic rings. The molecule has 0 aliphatic carbocycles. The van der Waals surface area contributed by atoms with Gasteiger partial charge in [-0.1, -0.05) is 54.1 Å². The predicted molar refractivity (Wildman–Crippen MR) is 128 cm³/mol. The van der Waals surface area contributed by atoms with Crippen LogP contribution in [-0.4, -0.2) is 15.7 Å². The molecule has 7 heteroatoms. The van der Waals surface area contributed by atoms with Crippen molar-refractivity contribution in [3.63, 3.8) is 0 Å².